The Labute approximate surface area is 236 Å². The quantitative estimate of drug-likeness (QED) is 0.471. The molecule has 3 fully saturated rings. The molecule has 9 heteroatoms. The standard InChI is InChI=1S/C31H37N7O2/c1-40-26-8-4-5-15-36(21-26)16-6-7-22-17-23(13-14-33-22)38-24-11-12-25(38)20-37(19-24)29-18-28(34-35-31(29)32)27-9-2-3-10-30(27)39/h2-3,9-10,13-14,17-18,24-26,39H,4-5,8,11-12,15-16,19-21H2,1H3,(H2,32,35). The predicted molar refractivity (Wildman–Crippen MR) is 157 cm³/mol. The number of ether oxygens (including phenoxy) is 1. The lowest BCUT2D eigenvalue weighted by molar-refractivity contribution is 0.0726. The van der Waals surface area contributed by atoms with Gasteiger partial charge in [-0.1, -0.05) is 18.1 Å². The van der Waals surface area contributed by atoms with Crippen LogP contribution in [0.15, 0.2) is 48.7 Å². The van der Waals surface area contributed by atoms with Gasteiger partial charge in [0, 0.05) is 56.3 Å². The molecule has 0 amide bonds. The van der Waals surface area contributed by atoms with Crippen molar-refractivity contribution in [3.63, 3.8) is 0 Å². The molecular formula is C31H37N7O2. The third-order valence-corrected chi connectivity index (χ3v) is 8.41. The summed E-state index contributed by atoms with van der Waals surface area (Å²) >= 11 is 0. The maximum absolute atomic E-state index is 10.3. The van der Waals surface area contributed by atoms with E-state index in [9.17, 15) is 5.11 Å². The molecule has 2 aromatic heterocycles. The van der Waals surface area contributed by atoms with Crippen LogP contribution < -0.4 is 15.5 Å². The van der Waals surface area contributed by atoms with Crippen molar-refractivity contribution in [1.82, 2.24) is 20.1 Å². The van der Waals surface area contributed by atoms with E-state index in [4.69, 9.17) is 10.5 Å². The van der Waals surface area contributed by atoms with Gasteiger partial charge < -0.3 is 25.4 Å². The van der Waals surface area contributed by atoms with Crippen LogP contribution in [-0.2, 0) is 4.74 Å². The summed E-state index contributed by atoms with van der Waals surface area (Å²) in [5.74, 6) is 7.26. The average molecular weight is 540 g/mol. The van der Waals surface area contributed by atoms with E-state index in [0.717, 1.165) is 63.4 Å². The van der Waals surface area contributed by atoms with Gasteiger partial charge in [0.25, 0.3) is 0 Å². The second-order valence-corrected chi connectivity index (χ2v) is 11.0. The van der Waals surface area contributed by atoms with E-state index in [1.807, 2.05) is 24.4 Å². The van der Waals surface area contributed by atoms with Gasteiger partial charge in [-0.15, -0.1) is 10.2 Å². The van der Waals surface area contributed by atoms with Crippen LogP contribution in [0.2, 0.25) is 0 Å². The zero-order valence-electron chi connectivity index (χ0n) is 23.0. The molecule has 9 nitrogen and oxygen atoms in total. The number of benzene rings is 1. The molecule has 0 spiro atoms. The van der Waals surface area contributed by atoms with Crippen LogP contribution >= 0.6 is 0 Å². The highest BCUT2D eigenvalue weighted by Crippen LogP contribution is 2.39. The molecule has 3 aromatic rings. The van der Waals surface area contributed by atoms with Gasteiger partial charge in [-0.05, 0) is 74.9 Å². The maximum atomic E-state index is 10.3. The van der Waals surface area contributed by atoms with Gasteiger partial charge >= 0.3 is 0 Å². The molecule has 208 valence electrons. The number of methoxy groups -OCH3 is 1. The highest BCUT2D eigenvalue weighted by Gasteiger charge is 2.40. The number of aromatic hydroxyl groups is 1. The Hall–Kier alpha value is -3.87. The number of phenolic OH excluding ortho intramolecular Hbond substituents is 1. The first-order chi connectivity index (χ1) is 19.6. The number of nitrogen functional groups attached to an aromatic ring is 1. The Balaban J connectivity index is 1.16. The number of pyridine rings is 1. The smallest absolute Gasteiger partial charge is 0.169 e. The minimum atomic E-state index is 0.180. The summed E-state index contributed by atoms with van der Waals surface area (Å²) in [4.78, 5) is 11.8. The van der Waals surface area contributed by atoms with Gasteiger partial charge in [0.2, 0.25) is 0 Å². The van der Waals surface area contributed by atoms with E-state index >= 15 is 0 Å². The number of likely N-dealkylation sites (tertiary alicyclic amines) is 1. The van der Waals surface area contributed by atoms with Crippen molar-refractivity contribution in [3.8, 4) is 28.8 Å². The van der Waals surface area contributed by atoms with E-state index in [1.165, 1.54) is 18.5 Å². The third-order valence-electron chi connectivity index (χ3n) is 8.41. The van der Waals surface area contributed by atoms with E-state index in [2.05, 4.69) is 53.9 Å². The number of phenols is 1. The highest BCUT2D eigenvalue weighted by molar-refractivity contribution is 5.74. The second-order valence-electron chi connectivity index (χ2n) is 11.0. The van der Waals surface area contributed by atoms with Gasteiger partial charge in [-0.3, -0.25) is 4.90 Å². The fourth-order valence-corrected chi connectivity index (χ4v) is 6.39. The van der Waals surface area contributed by atoms with Crippen molar-refractivity contribution in [2.24, 2.45) is 0 Å². The molecular weight excluding hydrogens is 502 g/mol. The molecule has 3 N–H and O–H groups in total. The molecule has 0 saturated carbocycles. The molecule has 2 bridgehead atoms. The number of hydrogen-bond acceptors (Lipinski definition) is 9. The summed E-state index contributed by atoms with van der Waals surface area (Å²) in [6, 6.07) is 14.1. The van der Waals surface area contributed by atoms with Crippen molar-refractivity contribution in [2.45, 2.75) is 50.3 Å². The number of nitrogens with zero attached hydrogens (tertiary/aromatic N) is 6. The molecule has 3 unspecified atom stereocenters. The molecule has 3 aliphatic heterocycles. The number of hydrogen-bond donors (Lipinski definition) is 2. The first-order valence-electron chi connectivity index (χ1n) is 14.2. The highest BCUT2D eigenvalue weighted by atomic mass is 16.5. The lowest BCUT2D eigenvalue weighted by atomic mass is 10.1. The largest absolute Gasteiger partial charge is 0.507 e. The van der Waals surface area contributed by atoms with Gasteiger partial charge in [0.15, 0.2) is 5.82 Å². The molecule has 0 radical (unpaired) electrons. The SMILES string of the molecule is COC1CCCCN(CC#Cc2cc(N3C4CCC3CN(c3cc(-c5ccccc5O)nnc3N)C4)ccn2)C1. The third kappa shape index (κ3) is 5.55. The molecule has 3 atom stereocenters. The fraction of sp³-hybridized carbons (Fsp3) is 0.452. The molecule has 40 heavy (non-hydrogen) atoms. The Morgan fingerprint density at radius 2 is 1.85 bits per heavy atom. The summed E-state index contributed by atoms with van der Waals surface area (Å²) in [6.07, 6.45) is 7.94. The number of para-hydroxylation sites is 1. The number of piperazine rings is 1. The van der Waals surface area contributed by atoms with E-state index in [0.29, 0.717) is 35.3 Å². The number of fused-ring (bicyclic) bond motifs is 2. The normalized spacial score (nSPS) is 23.0. The second kappa shape index (κ2) is 11.7. The van der Waals surface area contributed by atoms with Crippen molar-refractivity contribution < 1.29 is 9.84 Å². The average Bonchev–Trinajstić information content (AvgIpc) is 3.11. The minimum Gasteiger partial charge on any atom is -0.507 e. The number of rotatable bonds is 5. The van der Waals surface area contributed by atoms with Crippen LogP contribution in [0.1, 0.15) is 37.8 Å². The lowest BCUT2D eigenvalue weighted by Gasteiger charge is -2.43. The maximum Gasteiger partial charge on any atom is 0.169 e. The Morgan fingerprint density at radius 1 is 1.02 bits per heavy atom. The first-order valence-corrected chi connectivity index (χ1v) is 14.2. The molecule has 6 rings (SSSR count). The number of anilines is 3. The van der Waals surface area contributed by atoms with Gasteiger partial charge in [0.1, 0.15) is 11.4 Å². The molecule has 0 aliphatic carbocycles. The van der Waals surface area contributed by atoms with Crippen LogP contribution in [-0.4, -0.2) is 83.2 Å². The zero-order chi connectivity index (χ0) is 27.5. The zero-order valence-corrected chi connectivity index (χ0v) is 23.0. The number of nitrogens with two attached hydrogens (primary N) is 1. The topological polar surface area (TPSA) is 104 Å². The first kappa shape index (κ1) is 26.4. The number of aromatic nitrogens is 3. The van der Waals surface area contributed by atoms with Crippen LogP contribution in [0.3, 0.4) is 0 Å². The minimum absolute atomic E-state index is 0.180. The summed E-state index contributed by atoms with van der Waals surface area (Å²) in [5.41, 5.74) is 10.4. The van der Waals surface area contributed by atoms with Gasteiger partial charge in [-0.2, -0.15) is 0 Å². The summed E-state index contributed by atoms with van der Waals surface area (Å²) in [7, 11) is 1.80. The Kier molecular flexibility index (Phi) is 7.71. The van der Waals surface area contributed by atoms with Crippen LogP contribution in [0, 0.1) is 11.8 Å². The molecule has 5 heterocycles. The predicted octanol–water partition coefficient (Wildman–Crippen LogP) is 3.54. The van der Waals surface area contributed by atoms with Crippen molar-refractivity contribution in [2.75, 3.05) is 55.4 Å². The summed E-state index contributed by atoms with van der Waals surface area (Å²) < 4.78 is 5.61. The van der Waals surface area contributed by atoms with Gasteiger partial charge in [0.05, 0.1) is 24.0 Å². The molecule has 1 aromatic carbocycles. The van der Waals surface area contributed by atoms with E-state index in [-0.39, 0.29) is 5.75 Å². The Bertz CT molecular complexity index is 1390. The molecule has 3 saturated heterocycles. The van der Waals surface area contributed by atoms with Crippen molar-refractivity contribution in [3.05, 3.63) is 54.4 Å². The van der Waals surface area contributed by atoms with Gasteiger partial charge in [-0.25, -0.2) is 4.98 Å². The van der Waals surface area contributed by atoms with Crippen LogP contribution in [0.5, 0.6) is 5.75 Å². The summed E-state index contributed by atoms with van der Waals surface area (Å²) in [6.45, 7) is 4.43. The Morgan fingerprint density at radius 3 is 2.65 bits per heavy atom. The molecule has 3 aliphatic rings. The lowest BCUT2D eigenvalue weighted by Crippen LogP contribution is -2.54. The van der Waals surface area contributed by atoms with E-state index < -0.39 is 0 Å². The van der Waals surface area contributed by atoms with Crippen LogP contribution in [0.25, 0.3) is 11.3 Å². The summed E-state index contributed by atoms with van der Waals surface area (Å²) in [5, 5.41) is 18.8. The van der Waals surface area contributed by atoms with Crippen molar-refractivity contribution >= 4 is 17.2 Å². The van der Waals surface area contributed by atoms with Crippen LogP contribution in [0.4, 0.5) is 17.2 Å². The van der Waals surface area contributed by atoms with E-state index in [1.54, 1.807) is 19.2 Å². The fourth-order valence-electron chi connectivity index (χ4n) is 6.39. The van der Waals surface area contributed by atoms with Crippen molar-refractivity contribution in [1.29, 1.82) is 0 Å². The monoisotopic (exact) mass is 539 g/mol.